The standard InChI is InChI=1S/C25H36N2O2/c1-4-27-18(9-12-26-27)13-16-14-22-20-6-5-17-15-19(28)7-10-24(17,2)21(20)8-11-25(22,3)23(16)29/h9,12-13,17,19-22,28H,4-8,10-11,14-15H2,1-3H3/b16-13+/t17-,19+,20-,21+,22+,24-,25+/m0/s1. The predicted molar refractivity (Wildman–Crippen MR) is 114 cm³/mol. The highest BCUT2D eigenvalue weighted by atomic mass is 16.3. The summed E-state index contributed by atoms with van der Waals surface area (Å²) in [4.78, 5) is 13.5. The molecule has 7 atom stereocenters. The van der Waals surface area contributed by atoms with E-state index in [1.54, 1.807) is 0 Å². The van der Waals surface area contributed by atoms with E-state index in [1.165, 1.54) is 19.3 Å². The van der Waals surface area contributed by atoms with Gasteiger partial charge in [0.2, 0.25) is 0 Å². The Morgan fingerprint density at radius 1 is 1.21 bits per heavy atom. The van der Waals surface area contributed by atoms with Crippen molar-refractivity contribution in [2.45, 2.75) is 84.8 Å². The third-order valence-electron chi connectivity index (χ3n) is 9.65. The number of allylic oxidation sites excluding steroid dienone is 1. The molecule has 1 aromatic heterocycles. The van der Waals surface area contributed by atoms with Gasteiger partial charge in [0.15, 0.2) is 5.78 Å². The van der Waals surface area contributed by atoms with Gasteiger partial charge in [0.25, 0.3) is 0 Å². The van der Waals surface area contributed by atoms with Gasteiger partial charge < -0.3 is 5.11 Å². The Hall–Kier alpha value is -1.42. The van der Waals surface area contributed by atoms with Crippen LogP contribution in [0.3, 0.4) is 0 Å². The molecule has 1 heterocycles. The first-order valence-electron chi connectivity index (χ1n) is 11.8. The lowest BCUT2D eigenvalue weighted by Crippen LogP contribution is -2.54. The summed E-state index contributed by atoms with van der Waals surface area (Å²) < 4.78 is 1.98. The van der Waals surface area contributed by atoms with Gasteiger partial charge in [-0.1, -0.05) is 13.8 Å². The van der Waals surface area contributed by atoms with Gasteiger partial charge in [-0.3, -0.25) is 9.48 Å². The zero-order chi connectivity index (χ0) is 20.4. The number of aryl methyl sites for hydroxylation is 1. The van der Waals surface area contributed by atoms with E-state index in [1.807, 2.05) is 16.9 Å². The normalized spacial score (nSPS) is 45.7. The van der Waals surface area contributed by atoms with Crippen molar-refractivity contribution in [3.8, 4) is 0 Å². The quantitative estimate of drug-likeness (QED) is 0.726. The molecule has 0 spiro atoms. The fourth-order valence-corrected chi connectivity index (χ4v) is 7.94. The number of Topliss-reactive ketones (excluding diaryl/α,β-unsaturated/α-hetero) is 1. The number of fused-ring (bicyclic) bond motifs is 5. The number of aliphatic hydroxyl groups is 1. The van der Waals surface area contributed by atoms with Gasteiger partial charge in [-0.15, -0.1) is 0 Å². The van der Waals surface area contributed by atoms with Crippen LogP contribution in [0, 0.1) is 34.5 Å². The summed E-state index contributed by atoms with van der Waals surface area (Å²) in [5, 5.41) is 14.6. The van der Waals surface area contributed by atoms with E-state index in [4.69, 9.17) is 0 Å². The van der Waals surface area contributed by atoms with Crippen LogP contribution in [0.1, 0.15) is 77.8 Å². The fraction of sp³-hybridized carbons (Fsp3) is 0.760. The molecule has 29 heavy (non-hydrogen) atoms. The average molecular weight is 397 g/mol. The third-order valence-corrected chi connectivity index (χ3v) is 9.65. The van der Waals surface area contributed by atoms with Crippen molar-refractivity contribution in [3.63, 3.8) is 0 Å². The minimum atomic E-state index is -0.179. The maximum Gasteiger partial charge on any atom is 0.165 e. The number of aromatic nitrogens is 2. The Labute approximate surface area is 174 Å². The Morgan fingerprint density at radius 3 is 2.83 bits per heavy atom. The number of ketones is 1. The second-order valence-corrected chi connectivity index (χ2v) is 10.8. The first-order valence-corrected chi connectivity index (χ1v) is 11.8. The molecular weight excluding hydrogens is 360 g/mol. The van der Waals surface area contributed by atoms with Crippen LogP contribution >= 0.6 is 0 Å². The molecule has 1 aromatic rings. The Bertz CT molecular complexity index is 842. The fourth-order valence-electron chi connectivity index (χ4n) is 7.94. The highest BCUT2D eigenvalue weighted by Crippen LogP contribution is 2.66. The van der Waals surface area contributed by atoms with E-state index in [-0.39, 0.29) is 11.5 Å². The second kappa shape index (κ2) is 6.80. The minimum Gasteiger partial charge on any atom is -0.393 e. The van der Waals surface area contributed by atoms with Crippen LogP contribution in [-0.4, -0.2) is 26.8 Å². The molecule has 4 nitrogen and oxygen atoms in total. The van der Waals surface area contributed by atoms with Crippen molar-refractivity contribution in [3.05, 3.63) is 23.5 Å². The molecule has 0 unspecified atom stereocenters. The van der Waals surface area contributed by atoms with Crippen LogP contribution in [0.15, 0.2) is 17.8 Å². The molecule has 158 valence electrons. The first-order chi connectivity index (χ1) is 13.9. The number of hydrogen-bond donors (Lipinski definition) is 1. The maximum absolute atomic E-state index is 13.5. The van der Waals surface area contributed by atoms with E-state index >= 15 is 0 Å². The molecule has 0 saturated heterocycles. The van der Waals surface area contributed by atoms with Crippen molar-refractivity contribution in [2.75, 3.05) is 0 Å². The van der Waals surface area contributed by atoms with Crippen LogP contribution in [0.5, 0.6) is 0 Å². The van der Waals surface area contributed by atoms with E-state index in [2.05, 4.69) is 31.9 Å². The largest absolute Gasteiger partial charge is 0.393 e. The lowest BCUT2D eigenvalue weighted by Gasteiger charge is -2.59. The monoisotopic (exact) mass is 396 g/mol. The van der Waals surface area contributed by atoms with Crippen molar-refractivity contribution in [2.24, 2.45) is 34.5 Å². The molecule has 4 heteroatoms. The number of carbonyl (C=O) groups is 1. The van der Waals surface area contributed by atoms with Crippen molar-refractivity contribution >= 4 is 11.9 Å². The zero-order valence-electron chi connectivity index (χ0n) is 18.2. The topological polar surface area (TPSA) is 55.1 Å². The van der Waals surface area contributed by atoms with E-state index in [0.717, 1.165) is 55.8 Å². The molecule has 1 N–H and O–H groups in total. The smallest absolute Gasteiger partial charge is 0.165 e. The van der Waals surface area contributed by atoms with Crippen LogP contribution in [0.4, 0.5) is 0 Å². The van der Waals surface area contributed by atoms with Crippen molar-refractivity contribution < 1.29 is 9.90 Å². The summed E-state index contributed by atoms with van der Waals surface area (Å²) >= 11 is 0. The molecule has 5 rings (SSSR count). The summed E-state index contributed by atoms with van der Waals surface area (Å²) in [6.45, 7) is 7.69. The predicted octanol–water partition coefficient (Wildman–Crippen LogP) is 4.87. The van der Waals surface area contributed by atoms with Crippen molar-refractivity contribution in [1.29, 1.82) is 0 Å². The SMILES string of the molecule is CCn1nccc1/C=C1\C[C@@H]2[C@H]3CC[C@H]4C[C@H](O)CC[C@]4(C)[C@@H]3CC[C@@]2(C)C1=O. The van der Waals surface area contributed by atoms with Gasteiger partial charge in [0, 0.05) is 18.2 Å². The molecule has 4 saturated carbocycles. The minimum absolute atomic E-state index is 0.0931. The van der Waals surface area contributed by atoms with Crippen LogP contribution in [0.2, 0.25) is 0 Å². The lowest BCUT2D eigenvalue weighted by atomic mass is 9.45. The molecular formula is C25H36N2O2. The summed E-state index contributed by atoms with van der Waals surface area (Å²) in [6.07, 6.45) is 12.6. The Morgan fingerprint density at radius 2 is 2.03 bits per heavy atom. The highest BCUT2D eigenvalue weighted by Gasteiger charge is 2.61. The molecule has 0 bridgehead atoms. The molecule has 0 radical (unpaired) electrons. The van der Waals surface area contributed by atoms with Gasteiger partial charge >= 0.3 is 0 Å². The van der Waals surface area contributed by atoms with Gasteiger partial charge in [-0.25, -0.2) is 0 Å². The number of hydrogen-bond acceptors (Lipinski definition) is 3. The average Bonchev–Trinajstić information content (AvgIpc) is 3.25. The Balaban J connectivity index is 1.45. The maximum atomic E-state index is 13.5. The molecule has 4 fully saturated rings. The summed E-state index contributed by atoms with van der Waals surface area (Å²) in [5.74, 6) is 2.94. The number of rotatable bonds is 2. The summed E-state index contributed by atoms with van der Waals surface area (Å²) in [7, 11) is 0. The first kappa shape index (κ1) is 19.5. The van der Waals surface area contributed by atoms with Crippen LogP contribution < -0.4 is 0 Å². The van der Waals surface area contributed by atoms with E-state index < -0.39 is 0 Å². The second-order valence-electron chi connectivity index (χ2n) is 10.8. The highest BCUT2D eigenvalue weighted by molar-refractivity contribution is 6.05. The van der Waals surface area contributed by atoms with Crippen LogP contribution in [0.25, 0.3) is 6.08 Å². The molecule has 0 amide bonds. The summed E-state index contributed by atoms with van der Waals surface area (Å²) in [6, 6.07) is 2.02. The van der Waals surface area contributed by atoms with Gasteiger partial charge in [0.05, 0.1) is 11.8 Å². The third kappa shape index (κ3) is 2.81. The number of carbonyl (C=O) groups excluding carboxylic acids is 1. The van der Waals surface area contributed by atoms with E-state index in [9.17, 15) is 9.90 Å². The van der Waals surface area contributed by atoms with Gasteiger partial charge in [0.1, 0.15) is 0 Å². The number of aliphatic hydroxyl groups excluding tert-OH is 1. The van der Waals surface area contributed by atoms with Crippen LogP contribution in [-0.2, 0) is 11.3 Å². The molecule has 0 aromatic carbocycles. The number of nitrogens with zero attached hydrogens (tertiary/aromatic N) is 2. The van der Waals surface area contributed by atoms with Crippen molar-refractivity contribution in [1.82, 2.24) is 9.78 Å². The lowest BCUT2D eigenvalue weighted by molar-refractivity contribution is -0.141. The Kier molecular flexibility index (Phi) is 4.58. The molecule has 0 aliphatic heterocycles. The zero-order valence-corrected chi connectivity index (χ0v) is 18.2. The summed E-state index contributed by atoms with van der Waals surface area (Å²) in [5.41, 5.74) is 2.27. The van der Waals surface area contributed by atoms with Gasteiger partial charge in [-0.05, 0) is 105 Å². The molecule has 4 aliphatic rings. The van der Waals surface area contributed by atoms with Gasteiger partial charge in [-0.2, -0.15) is 5.10 Å². The molecule has 4 aliphatic carbocycles. The van der Waals surface area contributed by atoms with E-state index in [0.29, 0.717) is 29.0 Å².